The average molecular weight is 418 g/mol. The average Bonchev–Trinajstić information content (AvgIpc) is 2.65. The van der Waals surface area contributed by atoms with Gasteiger partial charge in [-0.05, 0) is 24.3 Å². The van der Waals surface area contributed by atoms with Crippen LogP contribution in [0.15, 0.2) is 30.3 Å². The molecule has 0 atom stereocenters. The van der Waals surface area contributed by atoms with Crippen LogP contribution < -0.4 is 9.47 Å². The Balaban J connectivity index is 2.24. The predicted octanol–water partition coefficient (Wildman–Crippen LogP) is 3.96. The largest absolute Gasteiger partial charge is 0.506 e. The summed E-state index contributed by atoms with van der Waals surface area (Å²) < 4.78 is 39.5. The minimum Gasteiger partial charge on any atom is -0.506 e. The van der Waals surface area contributed by atoms with E-state index in [-0.39, 0.29) is 33.4 Å². The summed E-state index contributed by atoms with van der Waals surface area (Å²) >= 11 is 5.66. The number of benzene rings is 2. The number of methoxy groups -OCH3 is 1. The highest BCUT2D eigenvalue weighted by atomic mass is 35.5. The maximum absolute atomic E-state index is 12.3. The molecular weight excluding hydrogens is 404 g/mol. The van der Waals surface area contributed by atoms with Crippen LogP contribution in [-0.2, 0) is 11.3 Å². The third-order valence-electron chi connectivity index (χ3n) is 3.47. The monoisotopic (exact) mass is 417 g/mol. The van der Waals surface area contributed by atoms with E-state index >= 15 is 0 Å². The number of halogens is 3. The number of phenols is 1. The summed E-state index contributed by atoms with van der Waals surface area (Å²) in [6, 6.07) is 5.75. The molecule has 0 aliphatic carbocycles. The van der Waals surface area contributed by atoms with Gasteiger partial charge in [-0.2, -0.15) is 0 Å². The second kappa shape index (κ2) is 9.18. The van der Waals surface area contributed by atoms with Crippen LogP contribution in [0.1, 0.15) is 15.9 Å². The number of hydrogen-bond donors (Lipinski definition) is 1. The van der Waals surface area contributed by atoms with Gasteiger partial charge in [0.1, 0.15) is 19.0 Å². The zero-order valence-corrected chi connectivity index (χ0v) is 15.1. The SMILES string of the molecule is COc1cc(COC(=O)c2ccc(Cl)c(O)c2)c([N+](=O)[O-])cc1OCC(F)F. The van der Waals surface area contributed by atoms with Crippen molar-refractivity contribution in [1.82, 2.24) is 0 Å². The van der Waals surface area contributed by atoms with Crippen molar-refractivity contribution < 1.29 is 37.8 Å². The van der Waals surface area contributed by atoms with E-state index < -0.39 is 36.2 Å². The van der Waals surface area contributed by atoms with Crippen LogP contribution in [0.2, 0.25) is 5.02 Å². The van der Waals surface area contributed by atoms with Gasteiger partial charge >= 0.3 is 5.97 Å². The number of esters is 1. The molecule has 0 spiro atoms. The maximum Gasteiger partial charge on any atom is 0.338 e. The van der Waals surface area contributed by atoms with E-state index in [4.69, 9.17) is 25.8 Å². The lowest BCUT2D eigenvalue weighted by atomic mass is 10.1. The van der Waals surface area contributed by atoms with E-state index in [1.807, 2.05) is 0 Å². The standard InChI is InChI=1S/C17H14ClF2NO7/c1-26-14-5-10(12(21(24)25)6-15(14)27-8-16(19)20)7-28-17(23)9-2-3-11(18)13(22)4-9/h2-6,16,22H,7-8H2,1H3. The number of alkyl halides is 2. The van der Waals surface area contributed by atoms with Gasteiger partial charge < -0.3 is 19.3 Å². The summed E-state index contributed by atoms with van der Waals surface area (Å²) in [6.45, 7) is -1.48. The fraction of sp³-hybridized carbons (Fsp3) is 0.235. The van der Waals surface area contributed by atoms with Gasteiger partial charge in [0.25, 0.3) is 12.1 Å². The molecule has 1 N–H and O–H groups in total. The Morgan fingerprint density at radius 3 is 2.57 bits per heavy atom. The van der Waals surface area contributed by atoms with E-state index in [0.717, 1.165) is 18.2 Å². The molecule has 150 valence electrons. The van der Waals surface area contributed by atoms with Crippen LogP contribution in [-0.4, -0.2) is 36.1 Å². The molecule has 0 aliphatic heterocycles. The zero-order valence-electron chi connectivity index (χ0n) is 14.4. The number of carbonyl (C=O) groups is 1. The van der Waals surface area contributed by atoms with Crippen LogP contribution in [0.25, 0.3) is 0 Å². The molecule has 0 aliphatic rings. The number of carbonyl (C=O) groups excluding carboxylic acids is 1. The fourth-order valence-electron chi connectivity index (χ4n) is 2.17. The van der Waals surface area contributed by atoms with Crippen LogP contribution in [0.3, 0.4) is 0 Å². The van der Waals surface area contributed by atoms with Crippen LogP contribution >= 0.6 is 11.6 Å². The molecule has 2 aromatic rings. The van der Waals surface area contributed by atoms with Crippen LogP contribution in [0.5, 0.6) is 17.2 Å². The van der Waals surface area contributed by atoms with Crippen molar-refractivity contribution in [2.45, 2.75) is 13.0 Å². The summed E-state index contributed by atoms with van der Waals surface area (Å²) in [7, 11) is 1.22. The molecule has 28 heavy (non-hydrogen) atoms. The maximum atomic E-state index is 12.3. The molecule has 0 saturated carbocycles. The highest BCUT2D eigenvalue weighted by molar-refractivity contribution is 6.32. The van der Waals surface area contributed by atoms with Gasteiger partial charge in [-0.25, -0.2) is 13.6 Å². The Kier molecular flexibility index (Phi) is 6.94. The molecule has 0 heterocycles. The van der Waals surface area contributed by atoms with Gasteiger partial charge in [0.05, 0.1) is 34.2 Å². The fourth-order valence-corrected chi connectivity index (χ4v) is 2.29. The predicted molar refractivity (Wildman–Crippen MR) is 93.4 cm³/mol. The number of hydrogen-bond acceptors (Lipinski definition) is 7. The lowest BCUT2D eigenvalue weighted by Crippen LogP contribution is -2.10. The second-order valence-corrected chi connectivity index (χ2v) is 5.74. The van der Waals surface area contributed by atoms with Crippen molar-refractivity contribution in [2.24, 2.45) is 0 Å². The van der Waals surface area contributed by atoms with Crippen molar-refractivity contribution in [3.8, 4) is 17.2 Å². The normalized spacial score (nSPS) is 10.6. The molecule has 2 rings (SSSR count). The third-order valence-corrected chi connectivity index (χ3v) is 3.79. The molecule has 0 unspecified atom stereocenters. The molecule has 0 aromatic heterocycles. The number of ether oxygens (including phenoxy) is 3. The number of nitro benzene ring substituents is 1. The second-order valence-electron chi connectivity index (χ2n) is 5.33. The van der Waals surface area contributed by atoms with Gasteiger partial charge in [-0.1, -0.05) is 11.6 Å². The lowest BCUT2D eigenvalue weighted by molar-refractivity contribution is -0.385. The minimum absolute atomic E-state index is 0.0200. The Labute approximate surface area is 162 Å². The van der Waals surface area contributed by atoms with E-state index in [9.17, 15) is 28.8 Å². The van der Waals surface area contributed by atoms with E-state index in [1.54, 1.807) is 0 Å². The van der Waals surface area contributed by atoms with Gasteiger partial charge in [0.2, 0.25) is 0 Å². The first-order valence-corrected chi connectivity index (χ1v) is 8.02. The quantitative estimate of drug-likeness (QED) is 0.393. The first kappa shape index (κ1) is 21.2. The van der Waals surface area contributed by atoms with Gasteiger partial charge in [-0.3, -0.25) is 10.1 Å². The molecule has 0 amide bonds. The first-order chi connectivity index (χ1) is 13.2. The number of rotatable bonds is 8. The van der Waals surface area contributed by atoms with Crippen molar-refractivity contribution in [3.05, 3.63) is 56.6 Å². The summed E-state index contributed by atoms with van der Waals surface area (Å²) in [5.74, 6) is -1.48. The number of nitro groups is 1. The minimum atomic E-state index is -2.78. The third kappa shape index (κ3) is 5.19. The van der Waals surface area contributed by atoms with E-state index in [2.05, 4.69) is 0 Å². The first-order valence-electron chi connectivity index (χ1n) is 7.64. The van der Waals surface area contributed by atoms with E-state index in [0.29, 0.717) is 0 Å². The number of phenolic OH excluding ortho intramolecular Hbond substituents is 1. The summed E-state index contributed by atoms with van der Waals surface area (Å²) in [6.07, 6.45) is -2.78. The van der Waals surface area contributed by atoms with Gasteiger partial charge in [-0.15, -0.1) is 0 Å². The number of aromatic hydroxyl groups is 1. The zero-order chi connectivity index (χ0) is 20.8. The van der Waals surface area contributed by atoms with Crippen LogP contribution in [0, 0.1) is 10.1 Å². The molecule has 0 bridgehead atoms. The van der Waals surface area contributed by atoms with Crippen LogP contribution in [0.4, 0.5) is 14.5 Å². The molecule has 8 nitrogen and oxygen atoms in total. The lowest BCUT2D eigenvalue weighted by Gasteiger charge is -2.13. The van der Waals surface area contributed by atoms with Gasteiger partial charge in [0.15, 0.2) is 11.5 Å². The number of nitrogens with zero attached hydrogens (tertiary/aromatic N) is 1. The summed E-state index contributed by atoms with van der Waals surface area (Å²) in [5.41, 5.74) is -0.567. The molecule has 11 heteroatoms. The molecule has 0 fully saturated rings. The highest BCUT2D eigenvalue weighted by Gasteiger charge is 2.22. The van der Waals surface area contributed by atoms with E-state index in [1.165, 1.54) is 19.2 Å². The Bertz CT molecular complexity index is 892. The highest BCUT2D eigenvalue weighted by Crippen LogP contribution is 2.35. The molecule has 0 radical (unpaired) electrons. The van der Waals surface area contributed by atoms with Crippen molar-refractivity contribution in [2.75, 3.05) is 13.7 Å². The van der Waals surface area contributed by atoms with Gasteiger partial charge in [0, 0.05) is 0 Å². The molecular formula is C17H14ClF2NO7. The Morgan fingerprint density at radius 1 is 1.29 bits per heavy atom. The molecule has 0 saturated heterocycles. The van der Waals surface area contributed by atoms with Crippen molar-refractivity contribution in [3.63, 3.8) is 0 Å². The smallest absolute Gasteiger partial charge is 0.338 e. The summed E-state index contributed by atoms with van der Waals surface area (Å²) in [4.78, 5) is 22.6. The molecule has 2 aromatic carbocycles. The Hall–Kier alpha value is -3.14. The Morgan fingerprint density at radius 2 is 2.00 bits per heavy atom. The van der Waals surface area contributed by atoms with Crippen molar-refractivity contribution in [1.29, 1.82) is 0 Å². The topological polar surface area (TPSA) is 108 Å². The van der Waals surface area contributed by atoms with Crippen molar-refractivity contribution >= 4 is 23.3 Å². The summed E-state index contributed by atoms with van der Waals surface area (Å²) in [5, 5.41) is 20.8.